The van der Waals surface area contributed by atoms with Gasteiger partial charge in [-0.05, 0) is 19.1 Å². The second-order valence-electron chi connectivity index (χ2n) is 3.97. The predicted octanol–water partition coefficient (Wildman–Crippen LogP) is 3.15. The highest BCUT2D eigenvalue weighted by Crippen LogP contribution is 2.33. The molecule has 0 aliphatic heterocycles. The summed E-state index contributed by atoms with van der Waals surface area (Å²) >= 11 is 6.12. The highest BCUT2D eigenvalue weighted by Gasteiger charge is 2.25. The molecule has 2 aromatic rings. The first kappa shape index (κ1) is 14.9. The van der Waals surface area contributed by atoms with Crippen LogP contribution in [0.3, 0.4) is 0 Å². The van der Waals surface area contributed by atoms with Crippen molar-refractivity contribution in [2.24, 2.45) is 10.9 Å². The molecule has 0 amide bonds. The maximum atomic E-state index is 12.0. The van der Waals surface area contributed by atoms with E-state index < -0.39 is 5.97 Å². The van der Waals surface area contributed by atoms with E-state index in [2.05, 4.69) is 10.4 Å². The van der Waals surface area contributed by atoms with Crippen LogP contribution in [0.15, 0.2) is 39.9 Å². The van der Waals surface area contributed by atoms with Gasteiger partial charge in [-0.3, -0.25) is 0 Å². The Morgan fingerprint density at radius 2 is 2.19 bits per heavy atom. The lowest BCUT2D eigenvalue weighted by Gasteiger charge is -2.05. The van der Waals surface area contributed by atoms with Crippen LogP contribution in [0.2, 0.25) is 5.02 Å². The van der Waals surface area contributed by atoms with Gasteiger partial charge in [0.05, 0.1) is 12.8 Å². The van der Waals surface area contributed by atoms with Crippen molar-refractivity contribution in [1.82, 2.24) is 0 Å². The molecule has 1 heterocycles. The smallest absolute Gasteiger partial charge is 0.345 e. The number of anilines is 2. The van der Waals surface area contributed by atoms with E-state index in [0.29, 0.717) is 0 Å². The number of hydrazone groups is 1. The summed E-state index contributed by atoms with van der Waals surface area (Å²) in [6, 6.07) is 9.21. The van der Waals surface area contributed by atoms with E-state index in [-0.39, 0.29) is 28.8 Å². The maximum absolute atomic E-state index is 12.0. The van der Waals surface area contributed by atoms with Gasteiger partial charge >= 0.3 is 5.97 Å². The van der Waals surface area contributed by atoms with Gasteiger partial charge in [0.25, 0.3) is 0 Å². The van der Waals surface area contributed by atoms with Gasteiger partial charge in [-0.1, -0.05) is 29.8 Å². The summed E-state index contributed by atoms with van der Waals surface area (Å²) in [5.74, 6) is 4.87. The molecule has 3 N–H and O–H groups in total. The van der Waals surface area contributed by atoms with E-state index in [1.165, 1.54) is 6.21 Å². The average molecular weight is 308 g/mol. The van der Waals surface area contributed by atoms with E-state index in [0.717, 1.165) is 5.69 Å². The molecular formula is C14H14ClN3O3. The molecule has 0 unspecified atom stereocenters. The summed E-state index contributed by atoms with van der Waals surface area (Å²) in [6.45, 7) is 1.93. The van der Waals surface area contributed by atoms with Crippen molar-refractivity contribution < 1.29 is 13.9 Å². The molecule has 6 nitrogen and oxygen atoms in total. The summed E-state index contributed by atoms with van der Waals surface area (Å²) in [5.41, 5.74) is 0.849. The largest absolute Gasteiger partial charge is 0.462 e. The van der Waals surface area contributed by atoms with Crippen LogP contribution in [0.5, 0.6) is 0 Å². The number of carbonyl (C=O) groups excluding carboxylic acids is 1. The molecule has 0 atom stereocenters. The number of nitrogens with one attached hydrogen (secondary N) is 1. The molecule has 2 rings (SSSR count). The van der Waals surface area contributed by atoms with Crippen LogP contribution < -0.4 is 11.2 Å². The number of halogens is 1. The van der Waals surface area contributed by atoms with Crippen molar-refractivity contribution in [2.75, 3.05) is 11.9 Å². The van der Waals surface area contributed by atoms with Crippen LogP contribution in [-0.2, 0) is 4.74 Å². The number of nitrogens with two attached hydrogens (primary N) is 1. The van der Waals surface area contributed by atoms with Crippen LogP contribution in [0, 0.1) is 0 Å². The SMILES string of the molecule is CCOC(=O)c1c(Nc2ccccc2)oc(C=NN)c1Cl. The van der Waals surface area contributed by atoms with Gasteiger partial charge in [0, 0.05) is 5.69 Å². The van der Waals surface area contributed by atoms with E-state index >= 15 is 0 Å². The zero-order chi connectivity index (χ0) is 15.2. The Hall–Kier alpha value is -2.47. The molecule has 0 fully saturated rings. The summed E-state index contributed by atoms with van der Waals surface area (Å²) in [5, 5.41) is 6.43. The highest BCUT2D eigenvalue weighted by molar-refractivity contribution is 6.36. The number of benzene rings is 1. The van der Waals surface area contributed by atoms with Gasteiger partial charge in [0.15, 0.2) is 5.76 Å². The zero-order valence-corrected chi connectivity index (χ0v) is 12.1. The molecule has 1 aromatic carbocycles. The normalized spacial score (nSPS) is 10.8. The van der Waals surface area contributed by atoms with Crippen LogP contribution in [-0.4, -0.2) is 18.8 Å². The molecule has 0 spiro atoms. The Morgan fingerprint density at radius 1 is 1.48 bits per heavy atom. The van der Waals surface area contributed by atoms with E-state index in [4.69, 9.17) is 26.6 Å². The van der Waals surface area contributed by atoms with Crippen molar-refractivity contribution in [3.05, 3.63) is 46.7 Å². The van der Waals surface area contributed by atoms with E-state index in [1.807, 2.05) is 30.3 Å². The molecule has 0 aliphatic carbocycles. The van der Waals surface area contributed by atoms with Crippen molar-refractivity contribution in [3.63, 3.8) is 0 Å². The van der Waals surface area contributed by atoms with Gasteiger partial charge in [-0.2, -0.15) is 5.10 Å². The number of rotatable bonds is 5. The lowest BCUT2D eigenvalue weighted by Crippen LogP contribution is -2.06. The van der Waals surface area contributed by atoms with Crippen molar-refractivity contribution >= 4 is 35.4 Å². The average Bonchev–Trinajstić information content (AvgIpc) is 2.77. The first-order chi connectivity index (χ1) is 10.2. The number of ether oxygens (including phenoxy) is 1. The molecule has 0 radical (unpaired) electrons. The molecule has 0 saturated heterocycles. The Morgan fingerprint density at radius 3 is 2.81 bits per heavy atom. The van der Waals surface area contributed by atoms with Crippen molar-refractivity contribution in [3.8, 4) is 0 Å². The standard InChI is InChI=1S/C14H14ClN3O3/c1-2-20-14(19)11-12(15)10(8-17-16)21-13(11)18-9-6-4-3-5-7-9/h3-8,18H,2,16H2,1H3. The number of nitrogens with zero attached hydrogens (tertiary/aromatic N) is 1. The number of carbonyl (C=O) groups is 1. The molecular weight excluding hydrogens is 294 g/mol. The fourth-order valence-corrected chi connectivity index (χ4v) is 1.96. The van der Waals surface area contributed by atoms with Crippen LogP contribution in [0.4, 0.5) is 11.6 Å². The second-order valence-corrected chi connectivity index (χ2v) is 4.35. The number of esters is 1. The van der Waals surface area contributed by atoms with Crippen LogP contribution in [0.25, 0.3) is 0 Å². The maximum Gasteiger partial charge on any atom is 0.345 e. The number of hydrogen-bond donors (Lipinski definition) is 2. The summed E-state index contributed by atoms with van der Waals surface area (Å²) < 4.78 is 10.5. The summed E-state index contributed by atoms with van der Waals surface area (Å²) in [7, 11) is 0. The third-order valence-corrected chi connectivity index (χ3v) is 2.95. The number of hydrogen-bond acceptors (Lipinski definition) is 6. The minimum Gasteiger partial charge on any atom is -0.462 e. The molecule has 1 aromatic heterocycles. The summed E-state index contributed by atoms with van der Waals surface area (Å²) in [6.07, 6.45) is 1.22. The molecule has 7 heteroatoms. The highest BCUT2D eigenvalue weighted by atomic mass is 35.5. The summed E-state index contributed by atoms with van der Waals surface area (Å²) in [4.78, 5) is 12.0. The Balaban J connectivity index is 2.43. The van der Waals surface area contributed by atoms with Crippen molar-refractivity contribution in [1.29, 1.82) is 0 Å². The minimum atomic E-state index is -0.582. The minimum absolute atomic E-state index is 0.0982. The van der Waals surface area contributed by atoms with Gasteiger partial charge in [0.2, 0.25) is 5.88 Å². The molecule has 0 aliphatic rings. The molecule has 110 valence electrons. The topological polar surface area (TPSA) is 89.8 Å². The fourth-order valence-electron chi connectivity index (χ4n) is 1.71. The number of para-hydroxylation sites is 1. The number of furan rings is 1. The lowest BCUT2D eigenvalue weighted by molar-refractivity contribution is 0.0527. The van der Waals surface area contributed by atoms with E-state index in [1.54, 1.807) is 6.92 Å². The lowest BCUT2D eigenvalue weighted by atomic mass is 10.2. The molecule has 0 bridgehead atoms. The fraction of sp³-hybridized carbons (Fsp3) is 0.143. The van der Waals surface area contributed by atoms with Gasteiger partial charge < -0.3 is 20.3 Å². The van der Waals surface area contributed by atoms with Gasteiger partial charge in [-0.25, -0.2) is 4.79 Å². The first-order valence-electron chi connectivity index (χ1n) is 6.22. The van der Waals surface area contributed by atoms with Gasteiger partial charge in [0.1, 0.15) is 10.6 Å². The third kappa shape index (κ3) is 3.35. The Labute approximate surface area is 126 Å². The van der Waals surface area contributed by atoms with Crippen LogP contribution in [0.1, 0.15) is 23.0 Å². The quantitative estimate of drug-likeness (QED) is 0.383. The molecule has 21 heavy (non-hydrogen) atoms. The Kier molecular flexibility index (Phi) is 4.84. The van der Waals surface area contributed by atoms with Crippen LogP contribution >= 0.6 is 11.6 Å². The van der Waals surface area contributed by atoms with Crippen molar-refractivity contribution in [2.45, 2.75) is 6.92 Å². The van der Waals surface area contributed by atoms with E-state index in [9.17, 15) is 4.79 Å². The molecule has 0 saturated carbocycles. The van der Waals surface area contributed by atoms with Gasteiger partial charge in [-0.15, -0.1) is 0 Å². The zero-order valence-electron chi connectivity index (χ0n) is 11.3. The second kappa shape index (κ2) is 6.81. The Bertz CT molecular complexity index is 653. The third-order valence-electron chi connectivity index (χ3n) is 2.58. The first-order valence-corrected chi connectivity index (χ1v) is 6.59. The predicted molar refractivity (Wildman–Crippen MR) is 81.2 cm³/mol. The monoisotopic (exact) mass is 307 g/mol.